The number of carbonyl (C=O) groups excluding carboxylic acids is 2. The molecule has 1 aliphatic heterocycles. The molecule has 0 aliphatic carbocycles. The van der Waals surface area contributed by atoms with E-state index in [1.807, 2.05) is 0 Å². The molecule has 1 saturated heterocycles. The molecule has 1 aromatic rings. The minimum atomic E-state index is -4.52. The van der Waals surface area contributed by atoms with Gasteiger partial charge in [0.1, 0.15) is 0 Å². The minimum absolute atomic E-state index is 0.0330. The average Bonchev–Trinajstić information content (AvgIpc) is 2.62. The molecule has 150 valence electrons. The molecular formula is C17H22ClF3N3O3+. The predicted molar refractivity (Wildman–Crippen MR) is 93.8 cm³/mol. The molecule has 2 amide bonds. The van der Waals surface area contributed by atoms with Crippen LogP contribution in [0.3, 0.4) is 0 Å². The third-order valence-corrected chi connectivity index (χ3v) is 4.82. The van der Waals surface area contributed by atoms with Crippen molar-refractivity contribution in [1.82, 2.24) is 4.90 Å². The van der Waals surface area contributed by atoms with Gasteiger partial charge in [-0.1, -0.05) is 11.6 Å². The maximum atomic E-state index is 12.8. The summed E-state index contributed by atoms with van der Waals surface area (Å²) in [7, 11) is 0. The Morgan fingerprint density at radius 3 is 2.52 bits per heavy atom. The molecule has 1 atom stereocenters. The molecule has 0 aromatic heterocycles. The van der Waals surface area contributed by atoms with Gasteiger partial charge in [0, 0.05) is 0 Å². The van der Waals surface area contributed by atoms with E-state index in [1.165, 1.54) is 0 Å². The Balaban J connectivity index is 1.98. The number of nitrogens with zero attached hydrogens (tertiary/aromatic N) is 1. The van der Waals surface area contributed by atoms with Crippen molar-refractivity contribution in [3.05, 3.63) is 28.8 Å². The van der Waals surface area contributed by atoms with Crippen LogP contribution in [0.25, 0.3) is 0 Å². The van der Waals surface area contributed by atoms with Crippen molar-refractivity contribution in [3.8, 4) is 0 Å². The summed E-state index contributed by atoms with van der Waals surface area (Å²) in [5.41, 5.74) is -0.960. The Morgan fingerprint density at radius 1 is 1.33 bits per heavy atom. The van der Waals surface area contributed by atoms with Crippen molar-refractivity contribution < 1.29 is 32.4 Å². The topological polar surface area (TPSA) is 63.1 Å². The fraction of sp³-hybridized carbons (Fsp3) is 0.529. The van der Waals surface area contributed by atoms with Crippen LogP contribution in [0.2, 0.25) is 5.02 Å². The van der Waals surface area contributed by atoms with Gasteiger partial charge in [0.15, 0.2) is 6.04 Å². The Bertz CT molecular complexity index is 692. The van der Waals surface area contributed by atoms with Gasteiger partial charge < -0.3 is 15.0 Å². The molecule has 6 nitrogen and oxygen atoms in total. The van der Waals surface area contributed by atoms with E-state index in [0.717, 1.165) is 23.1 Å². The number of alkyl halides is 3. The number of hydrogen-bond donors (Lipinski definition) is 2. The summed E-state index contributed by atoms with van der Waals surface area (Å²) in [5.74, 6) is -0.434. The molecule has 1 aliphatic rings. The summed E-state index contributed by atoms with van der Waals surface area (Å²) in [6, 6.07) is 2.28. The Kier molecular flexibility index (Phi) is 6.94. The lowest BCUT2D eigenvalue weighted by atomic mass is 10.1. The van der Waals surface area contributed by atoms with Crippen molar-refractivity contribution in [1.29, 1.82) is 0 Å². The van der Waals surface area contributed by atoms with Crippen molar-refractivity contribution in [2.75, 3.05) is 38.1 Å². The molecule has 0 bridgehead atoms. The van der Waals surface area contributed by atoms with E-state index in [-0.39, 0.29) is 16.8 Å². The van der Waals surface area contributed by atoms with Crippen LogP contribution in [0.15, 0.2) is 18.2 Å². The molecule has 0 spiro atoms. The highest BCUT2D eigenvalue weighted by atomic mass is 35.5. The highest BCUT2D eigenvalue weighted by Gasteiger charge is 2.33. The smallest absolute Gasteiger partial charge is 0.416 e. The summed E-state index contributed by atoms with van der Waals surface area (Å²) in [5, 5.41) is 2.51. The third-order valence-electron chi connectivity index (χ3n) is 4.49. The van der Waals surface area contributed by atoms with Crippen molar-refractivity contribution in [2.24, 2.45) is 0 Å². The molecule has 0 saturated carbocycles. The molecule has 27 heavy (non-hydrogen) atoms. The summed E-state index contributed by atoms with van der Waals surface area (Å²) in [4.78, 5) is 26.7. The third kappa shape index (κ3) is 5.49. The molecule has 0 radical (unpaired) electrons. The summed E-state index contributed by atoms with van der Waals surface area (Å²) in [6.45, 7) is 5.65. The number of carbonyl (C=O) groups is 2. The number of benzene rings is 1. The second-order valence-electron chi connectivity index (χ2n) is 6.25. The number of halogens is 4. The van der Waals surface area contributed by atoms with Gasteiger partial charge >= 0.3 is 12.3 Å². The maximum absolute atomic E-state index is 12.8. The normalized spacial score (nSPS) is 16.7. The van der Waals surface area contributed by atoms with Crippen LogP contribution in [0.1, 0.15) is 19.4 Å². The second kappa shape index (κ2) is 8.79. The largest absolute Gasteiger partial charge is 0.450 e. The minimum Gasteiger partial charge on any atom is -0.450 e. The standard InChI is InChI=1S/C17H21ClF3N3O3/c1-3-27-16(26)24-8-6-23(7-9-24)11(2)15(25)22-14-10-12(17(19,20)21)4-5-13(14)18/h4-5,10-11H,3,6-9H2,1-2H3,(H,22,25)/p+1/t11-/m1/s1. The zero-order valence-electron chi connectivity index (χ0n) is 15.0. The number of amides is 2. The van der Waals surface area contributed by atoms with Crippen LogP contribution < -0.4 is 10.2 Å². The maximum Gasteiger partial charge on any atom is 0.416 e. The van der Waals surface area contributed by atoms with Gasteiger partial charge in [-0.25, -0.2) is 4.79 Å². The number of ether oxygens (including phenoxy) is 1. The summed E-state index contributed by atoms with van der Waals surface area (Å²) < 4.78 is 43.5. The fourth-order valence-corrected chi connectivity index (χ4v) is 3.01. The van der Waals surface area contributed by atoms with E-state index in [4.69, 9.17) is 16.3 Å². The number of hydrogen-bond acceptors (Lipinski definition) is 3. The lowest BCUT2D eigenvalue weighted by molar-refractivity contribution is -0.917. The average molecular weight is 409 g/mol. The lowest BCUT2D eigenvalue weighted by Crippen LogP contribution is -3.19. The van der Waals surface area contributed by atoms with Crippen LogP contribution in [0, 0.1) is 0 Å². The van der Waals surface area contributed by atoms with Gasteiger partial charge in [0.25, 0.3) is 5.91 Å². The zero-order chi connectivity index (χ0) is 20.2. The molecular weight excluding hydrogens is 387 g/mol. The number of nitrogens with one attached hydrogen (secondary N) is 2. The molecule has 1 aromatic carbocycles. The molecule has 2 rings (SSSR count). The number of anilines is 1. The van der Waals surface area contributed by atoms with Gasteiger partial charge in [-0.05, 0) is 32.0 Å². The van der Waals surface area contributed by atoms with Crippen LogP contribution in [0.4, 0.5) is 23.7 Å². The zero-order valence-corrected chi connectivity index (χ0v) is 15.8. The molecule has 2 N–H and O–H groups in total. The van der Waals surface area contributed by atoms with Crippen molar-refractivity contribution in [2.45, 2.75) is 26.1 Å². The van der Waals surface area contributed by atoms with Gasteiger partial charge in [0.2, 0.25) is 0 Å². The SMILES string of the molecule is CCOC(=O)N1CC[NH+]([C@H](C)C(=O)Nc2cc(C(F)(F)F)ccc2Cl)CC1. The molecule has 1 heterocycles. The number of piperazine rings is 1. The quantitative estimate of drug-likeness (QED) is 0.801. The van der Waals surface area contributed by atoms with Crippen LogP contribution in [-0.4, -0.2) is 55.7 Å². The number of quaternary nitrogens is 1. The van der Waals surface area contributed by atoms with Crippen molar-refractivity contribution in [3.63, 3.8) is 0 Å². The van der Waals surface area contributed by atoms with Crippen LogP contribution in [0.5, 0.6) is 0 Å². The van der Waals surface area contributed by atoms with E-state index in [9.17, 15) is 22.8 Å². The lowest BCUT2D eigenvalue weighted by Gasteiger charge is -2.34. The summed E-state index contributed by atoms with van der Waals surface area (Å²) in [6.07, 6.45) is -4.91. The van der Waals surface area contributed by atoms with Crippen LogP contribution in [-0.2, 0) is 15.7 Å². The van der Waals surface area contributed by atoms with Gasteiger partial charge in [-0.2, -0.15) is 13.2 Å². The monoisotopic (exact) mass is 408 g/mol. The second-order valence-corrected chi connectivity index (χ2v) is 6.65. The van der Waals surface area contributed by atoms with Crippen molar-refractivity contribution >= 4 is 29.3 Å². The van der Waals surface area contributed by atoms with E-state index >= 15 is 0 Å². The molecule has 0 unspecified atom stereocenters. The highest BCUT2D eigenvalue weighted by molar-refractivity contribution is 6.33. The van der Waals surface area contributed by atoms with E-state index in [0.29, 0.717) is 32.8 Å². The first-order valence-electron chi connectivity index (χ1n) is 8.57. The highest BCUT2D eigenvalue weighted by Crippen LogP contribution is 2.33. The van der Waals surface area contributed by atoms with E-state index in [1.54, 1.807) is 18.7 Å². The first-order chi connectivity index (χ1) is 12.6. The Morgan fingerprint density at radius 2 is 1.96 bits per heavy atom. The first-order valence-corrected chi connectivity index (χ1v) is 8.95. The van der Waals surface area contributed by atoms with Gasteiger partial charge in [0.05, 0.1) is 49.1 Å². The van der Waals surface area contributed by atoms with E-state index < -0.39 is 23.7 Å². The molecule has 1 fully saturated rings. The molecule has 10 heteroatoms. The van der Waals surface area contributed by atoms with Crippen LogP contribution >= 0.6 is 11.6 Å². The Hall–Kier alpha value is -2.00. The summed E-state index contributed by atoms with van der Waals surface area (Å²) >= 11 is 5.92. The van der Waals surface area contributed by atoms with Gasteiger partial charge in [-0.3, -0.25) is 9.69 Å². The Labute approximate surface area is 160 Å². The van der Waals surface area contributed by atoms with E-state index in [2.05, 4.69) is 5.32 Å². The van der Waals surface area contributed by atoms with Gasteiger partial charge in [-0.15, -0.1) is 0 Å². The predicted octanol–water partition coefficient (Wildman–Crippen LogP) is 2.04. The first kappa shape index (κ1) is 21.3. The fourth-order valence-electron chi connectivity index (χ4n) is 2.85. The number of rotatable bonds is 4.